The van der Waals surface area contributed by atoms with Gasteiger partial charge in [-0.15, -0.1) is 0 Å². The van der Waals surface area contributed by atoms with Crippen molar-refractivity contribution in [3.8, 4) is 5.75 Å². The second-order valence-electron chi connectivity index (χ2n) is 7.76. The van der Waals surface area contributed by atoms with Crippen LogP contribution in [0.2, 0.25) is 0 Å². The molecule has 1 heterocycles. The van der Waals surface area contributed by atoms with Crippen LogP contribution in [0, 0.1) is 30.6 Å². The van der Waals surface area contributed by atoms with E-state index in [4.69, 9.17) is 4.74 Å². The van der Waals surface area contributed by atoms with Crippen LogP contribution in [0.3, 0.4) is 0 Å². The highest BCUT2D eigenvalue weighted by Crippen LogP contribution is 2.53. The van der Waals surface area contributed by atoms with Crippen LogP contribution in [0.4, 0.5) is 5.69 Å². The van der Waals surface area contributed by atoms with Gasteiger partial charge in [0.25, 0.3) is 0 Å². The van der Waals surface area contributed by atoms with E-state index in [2.05, 4.69) is 12.2 Å². The van der Waals surface area contributed by atoms with Crippen LogP contribution in [0.25, 0.3) is 0 Å². The highest BCUT2D eigenvalue weighted by molar-refractivity contribution is 6.22. The zero-order valence-electron chi connectivity index (χ0n) is 15.4. The summed E-state index contributed by atoms with van der Waals surface area (Å²) in [5, 5.41) is 0. The number of allylic oxidation sites excluding steroid dienone is 2. The molecule has 4 unspecified atom stereocenters. The Kier molecular flexibility index (Phi) is 3.72. The SMILES string of the molecule is Cc1cccc(OC(=O)c2ccc(N3C(=O)C4C5C=CC(C5)C4C3=O)cc2)c1. The molecule has 5 rings (SSSR count). The van der Waals surface area contributed by atoms with Gasteiger partial charge in [0.05, 0.1) is 23.1 Å². The lowest BCUT2D eigenvalue weighted by molar-refractivity contribution is -0.123. The molecule has 5 nitrogen and oxygen atoms in total. The number of amides is 2. The predicted octanol–water partition coefficient (Wildman–Crippen LogP) is 3.53. The number of esters is 1. The number of carbonyl (C=O) groups is 3. The topological polar surface area (TPSA) is 63.7 Å². The number of carbonyl (C=O) groups excluding carboxylic acids is 3. The first-order valence-electron chi connectivity index (χ1n) is 9.48. The monoisotopic (exact) mass is 373 g/mol. The van der Waals surface area contributed by atoms with E-state index in [0.717, 1.165) is 12.0 Å². The molecule has 1 aliphatic heterocycles. The van der Waals surface area contributed by atoms with E-state index in [0.29, 0.717) is 17.0 Å². The molecule has 1 saturated heterocycles. The summed E-state index contributed by atoms with van der Waals surface area (Å²) in [6.07, 6.45) is 5.06. The number of nitrogens with zero attached hydrogens (tertiary/aromatic N) is 1. The van der Waals surface area contributed by atoms with E-state index in [1.807, 2.05) is 19.1 Å². The van der Waals surface area contributed by atoms with Crippen LogP contribution >= 0.6 is 0 Å². The van der Waals surface area contributed by atoms with Gasteiger partial charge in [-0.05, 0) is 67.1 Å². The Labute approximate surface area is 162 Å². The lowest BCUT2D eigenvalue weighted by Gasteiger charge is -2.17. The maximum Gasteiger partial charge on any atom is 0.343 e. The number of benzene rings is 2. The zero-order valence-corrected chi connectivity index (χ0v) is 15.4. The number of ether oxygens (including phenoxy) is 1. The molecule has 0 N–H and O–H groups in total. The van der Waals surface area contributed by atoms with Gasteiger partial charge in [0.1, 0.15) is 5.75 Å². The lowest BCUT2D eigenvalue weighted by Crippen LogP contribution is -2.32. The van der Waals surface area contributed by atoms with Crippen molar-refractivity contribution in [3.63, 3.8) is 0 Å². The summed E-state index contributed by atoms with van der Waals surface area (Å²) in [5.41, 5.74) is 1.88. The molecule has 0 spiro atoms. The smallest absolute Gasteiger partial charge is 0.343 e. The largest absolute Gasteiger partial charge is 0.423 e. The highest BCUT2D eigenvalue weighted by atomic mass is 16.5. The molecule has 2 aliphatic carbocycles. The van der Waals surface area contributed by atoms with Crippen LogP contribution in [-0.4, -0.2) is 17.8 Å². The van der Waals surface area contributed by atoms with Crippen LogP contribution in [0.5, 0.6) is 5.75 Å². The second kappa shape index (κ2) is 6.16. The predicted molar refractivity (Wildman–Crippen MR) is 103 cm³/mol. The Morgan fingerprint density at radius 1 is 0.964 bits per heavy atom. The summed E-state index contributed by atoms with van der Waals surface area (Å²) in [6.45, 7) is 1.92. The molecule has 2 aromatic carbocycles. The van der Waals surface area contributed by atoms with Crippen molar-refractivity contribution in [1.29, 1.82) is 0 Å². The number of imide groups is 1. The normalized spacial score (nSPS) is 27.4. The Morgan fingerprint density at radius 3 is 2.21 bits per heavy atom. The summed E-state index contributed by atoms with van der Waals surface area (Å²) in [5.74, 6) is -0.337. The van der Waals surface area contributed by atoms with E-state index in [9.17, 15) is 14.4 Å². The third-order valence-electron chi connectivity index (χ3n) is 6.03. The molecule has 2 aromatic rings. The molecule has 3 aliphatic rings. The molecule has 2 fully saturated rings. The lowest BCUT2D eigenvalue weighted by atomic mass is 9.85. The van der Waals surface area contributed by atoms with Crippen molar-refractivity contribution in [2.45, 2.75) is 13.3 Å². The fourth-order valence-corrected chi connectivity index (χ4v) is 4.75. The Morgan fingerprint density at radius 2 is 1.61 bits per heavy atom. The molecule has 1 saturated carbocycles. The first-order chi connectivity index (χ1) is 13.5. The number of aryl methyl sites for hydroxylation is 1. The Bertz CT molecular complexity index is 993. The van der Waals surface area contributed by atoms with E-state index < -0.39 is 5.97 Å². The maximum absolute atomic E-state index is 12.9. The van der Waals surface area contributed by atoms with Crippen LogP contribution in [0.15, 0.2) is 60.7 Å². The number of hydrogen-bond donors (Lipinski definition) is 0. The van der Waals surface area contributed by atoms with Crippen molar-refractivity contribution in [2.24, 2.45) is 23.7 Å². The Hall–Kier alpha value is -3.21. The third-order valence-corrected chi connectivity index (χ3v) is 6.03. The third kappa shape index (κ3) is 2.50. The first kappa shape index (κ1) is 16.9. The van der Waals surface area contributed by atoms with E-state index in [1.165, 1.54) is 4.90 Å². The number of hydrogen-bond acceptors (Lipinski definition) is 4. The van der Waals surface area contributed by atoms with Crippen molar-refractivity contribution in [2.75, 3.05) is 4.90 Å². The van der Waals surface area contributed by atoms with E-state index in [-0.39, 0.29) is 35.5 Å². The quantitative estimate of drug-likeness (QED) is 0.357. The molecular weight excluding hydrogens is 354 g/mol. The van der Waals surface area contributed by atoms with Gasteiger partial charge < -0.3 is 4.74 Å². The molecule has 4 atom stereocenters. The minimum absolute atomic E-state index is 0.123. The summed E-state index contributed by atoms with van der Waals surface area (Å²) in [6, 6.07) is 13.7. The molecule has 2 amide bonds. The van der Waals surface area contributed by atoms with Crippen molar-refractivity contribution >= 4 is 23.5 Å². The minimum Gasteiger partial charge on any atom is -0.423 e. The summed E-state index contributed by atoms with van der Waals surface area (Å²) in [4.78, 5) is 39.4. The molecule has 0 aromatic heterocycles. The number of rotatable bonds is 3. The average molecular weight is 373 g/mol. The second-order valence-corrected chi connectivity index (χ2v) is 7.76. The highest BCUT2D eigenvalue weighted by Gasteiger charge is 2.59. The fourth-order valence-electron chi connectivity index (χ4n) is 4.75. The number of anilines is 1. The first-order valence-corrected chi connectivity index (χ1v) is 9.48. The standard InChI is InChI=1S/C23H19NO4/c1-13-3-2-4-18(11-13)28-23(27)14-7-9-17(10-8-14)24-21(25)19-15-5-6-16(12-15)20(19)22(24)26/h2-11,15-16,19-20H,12H2,1H3. The van der Waals surface area contributed by atoms with Gasteiger partial charge in [-0.1, -0.05) is 24.3 Å². The zero-order chi connectivity index (χ0) is 19.4. The van der Waals surface area contributed by atoms with Crippen molar-refractivity contribution in [3.05, 3.63) is 71.8 Å². The fraction of sp³-hybridized carbons (Fsp3) is 0.261. The molecule has 0 radical (unpaired) electrons. The van der Waals surface area contributed by atoms with Crippen molar-refractivity contribution in [1.82, 2.24) is 0 Å². The molecule has 28 heavy (non-hydrogen) atoms. The molecular formula is C23H19NO4. The average Bonchev–Trinajstić information content (AvgIpc) is 3.36. The molecule has 2 bridgehead atoms. The number of fused-ring (bicyclic) bond motifs is 5. The van der Waals surface area contributed by atoms with Gasteiger partial charge in [0.2, 0.25) is 11.8 Å². The van der Waals surface area contributed by atoms with Crippen LogP contribution in [-0.2, 0) is 9.59 Å². The van der Waals surface area contributed by atoms with Crippen LogP contribution in [0.1, 0.15) is 22.3 Å². The van der Waals surface area contributed by atoms with E-state index in [1.54, 1.807) is 36.4 Å². The minimum atomic E-state index is -0.477. The Balaban J connectivity index is 1.35. The van der Waals surface area contributed by atoms with Crippen molar-refractivity contribution < 1.29 is 19.1 Å². The van der Waals surface area contributed by atoms with Gasteiger partial charge in [0, 0.05) is 0 Å². The van der Waals surface area contributed by atoms with Crippen LogP contribution < -0.4 is 9.64 Å². The van der Waals surface area contributed by atoms with Gasteiger partial charge in [-0.25, -0.2) is 4.79 Å². The molecule has 5 heteroatoms. The van der Waals surface area contributed by atoms with E-state index >= 15 is 0 Å². The maximum atomic E-state index is 12.9. The van der Waals surface area contributed by atoms with Gasteiger partial charge in [0.15, 0.2) is 0 Å². The van der Waals surface area contributed by atoms with Gasteiger partial charge in [-0.3, -0.25) is 14.5 Å². The van der Waals surface area contributed by atoms with Gasteiger partial charge >= 0.3 is 5.97 Å². The summed E-state index contributed by atoms with van der Waals surface area (Å²) >= 11 is 0. The summed E-state index contributed by atoms with van der Waals surface area (Å²) < 4.78 is 5.39. The molecule has 140 valence electrons. The summed E-state index contributed by atoms with van der Waals surface area (Å²) in [7, 11) is 0. The van der Waals surface area contributed by atoms with Gasteiger partial charge in [-0.2, -0.15) is 0 Å².